The third kappa shape index (κ3) is 3.82. The molecule has 2 rings (SSSR count). The summed E-state index contributed by atoms with van der Waals surface area (Å²) in [5, 5.41) is 3.46. The van der Waals surface area contributed by atoms with Gasteiger partial charge in [0.1, 0.15) is 0 Å². The van der Waals surface area contributed by atoms with E-state index in [1.807, 2.05) is 0 Å². The molecule has 21 heavy (non-hydrogen) atoms. The average Bonchev–Trinajstić information content (AvgIpc) is 2.43. The van der Waals surface area contributed by atoms with Crippen molar-refractivity contribution in [2.75, 3.05) is 6.54 Å². The van der Waals surface area contributed by atoms with E-state index in [9.17, 15) is 8.78 Å². The minimum atomic E-state index is -0.679. The molecule has 1 aliphatic carbocycles. The van der Waals surface area contributed by atoms with Crippen LogP contribution in [0.2, 0.25) is 0 Å². The van der Waals surface area contributed by atoms with Crippen LogP contribution in [0.25, 0.3) is 0 Å². The minimum absolute atomic E-state index is 0.120. The second-order valence-corrected chi connectivity index (χ2v) is 6.95. The Morgan fingerprint density at radius 1 is 1.19 bits per heavy atom. The van der Waals surface area contributed by atoms with E-state index in [-0.39, 0.29) is 5.92 Å². The molecule has 0 amide bonds. The smallest absolute Gasteiger partial charge is 0.162 e. The summed E-state index contributed by atoms with van der Waals surface area (Å²) in [6, 6.07) is 3.92. The van der Waals surface area contributed by atoms with Gasteiger partial charge in [-0.25, -0.2) is 8.78 Å². The van der Waals surface area contributed by atoms with Crippen molar-refractivity contribution >= 4 is 0 Å². The van der Waals surface area contributed by atoms with Crippen LogP contribution in [0.4, 0.5) is 8.78 Å². The molecule has 0 radical (unpaired) electrons. The summed E-state index contributed by atoms with van der Waals surface area (Å²) in [6.07, 6.45) is 3.21. The van der Waals surface area contributed by atoms with E-state index >= 15 is 0 Å². The zero-order valence-corrected chi connectivity index (χ0v) is 13.5. The van der Waals surface area contributed by atoms with Crippen LogP contribution < -0.4 is 5.32 Å². The quantitative estimate of drug-likeness (QED) is 0.842. The Kier molecular flexibility index (Phi) is 5.37. The number of aryl methyl sites for hydroxylation is 1. The van der Waals surface area contributed by atoms with Gasteiger partial charge in [0.05, 0.1) is 0 Å². The molecule has 0 aliphatic heterocycles. The maximum absolute atomic E-state index is 14.4. The lowest BCUT2D eigenvalue weighted by molar-refractivity contribution is 0.233. The standard InChI is InChI=1S/C18H27F2N/c1-11(2)21-10-14-7-5-12(3)9-16(14)15-8-6-13(4)17(19)18(15)20/h6,8,11-12,14,16,21H,5,7,9-10H2,1-4H3. The number of hydrogen-bond donors (Lipinski definition) is 1. The van der Waals surface area contributed by atoms with Crippen molar-refractivity contribution in [1.29, 1.82) is 0 Å². The molecule has 0 spiro atoms. The fourth-order valence-corrected chi connectivity index (χ4v) is 3.40. The Balaban J connectivity index is 2.25. The highest BCUT2D eigenvalue weighted by molar-refractivity contribution is 5.29. The van der Waals surface area contributed by atoms with E-state index in [2.05, 4.69) is 26.1 Å². The molecule has 1 aromatic carbocycles. The van der Waals surface area contributed by atoms with Gasteiger partial charge in [0.15, 0.2) is 11.6 Å². The zero-order valence-electron chi connectivity index (χ0n) is 13.5. The first kappa shape index (κ1) is 16.4. The maximum Gasteiger partial charge on any atom is 0.162 e. The highest BCUT2D eigenvalue weighted by atomic mass is 19.2. The van der Waals surface area contributed by atoms with Crippen molar-refractivity contribution in [1.82, 2.24) is 5.32 Å². The summed E-state index contributed by atoms with van der Waals surface area (Å²) in [5.41, 5.74) is 0.956. The van der Waals surface area contributed by atoms with Crippen LogP contribution in [0.5, 0.6) is 0 Å². The molecule has 0 aromatic heterocycles. The summed E-state index contributed by atoms with van der Waals surface area (Å²) in [5.74, 6) is -0.227. The molecule has 118 valence electrons. The molecule has 0 heterocycles. The van der Waals surface area contributed by atoms with E-state index in [1.54, 1.807) is 19.1 Å². The highest BCUT2D eigenvalue weighted by Crippen LogP contribution is 2.41. The van der Waals surface area contributed by atoms with Gasteiger partial charge >= 0.3 is 0 Å². The maximum atomic E-state index is 14.4. The Labute approximate surface area is 127 Å². The summed E-state index contributed by atoms with van der Waals surface area (Å²) < 4.78 is 28.2. The fraction of sp³-hybridized carbons (Fsp3) is 0.667. The summed E-state index contributed by atoms with van der Waals surface area (Å²) in [7, 11) is 0. The van der Waals surface area contributed by atoms with Crippen molar-refractivity contribution in [2.24, 2.45) is 11.8 Å². The normalized spacial score (nSPS) is 26.3. The second kappa shape index (κ2) is 6.87. The predicted molar refractivity (Wildman–Crippen MR) is 83.5 cm³/mol. The van der Waals surface area contributed by atoms with Crippen LogP contribution in [0.3, 0.4) is 0 Å². The fourth-order valence-electron chi connectivity index (χ4n) is 3.40. The Morgan fingerprint density at radius 3 is 2.57 bits per heavy atom. The molecule has 1 aliphatic rings. The molecule has 1 fully saturated rings. The van der Waals surface area contributed by atoms with Crippen LogP contribution in [-0.2, 0) is 0 Å². The second-order valence-electron chi connectivity index (χ2n) is 6.95. The molecular formula is C18H27F2N. The van der Waals surface area contributed by atoms with Gasteiger partial charge < -0.3 is 5.32 Å². The zero-order chi connectivity index (χ0) is 15.6. The first-order valence-electron chi connectivity index (χ1n) is 8.08. The van der Waals surface area contributed by atoms with E-state index in [1.165, 1.54) is 6.42 Å². The lowest BCUT2D eigenvalue weighted by Crippen LogP contribution is -2.35. The van der Waals surface area contributed by atoms with Gasteiger partial charge in [-0.2, -0.15) is 0 Å². The third-order valence-corrected chi connectivity index (χ3v) is 4.75. The molecule has 0 saturated heterocycles. The van der Waals surface area contributed by atoms with Gasteiger partial charge in [-0.15, -0.1) is 0 Å². The molecular weight excluding hydrogens is 268 g/mol. The summed E-state index contributed by atoms with van der Waals surface area (Å²) in [6.45, 7) is 8.94. The first-order chi connectivity index (χ1) is 9.90. The van der Waals surface area contributed by atoms with Gasteiger partial charge in [0.2, 0.25) is 0 Å². The molecule has 3 atom stereocenters. The van der Waals surface area contributed by atoms with Gasteiger partial charge in [-0.3, -0.25) is 0 Å². The third-order valence-electron chi connectivity index (χ3n) is 4.75. The van der Waals surface area contributed by atoms with Crippen LogP contribution in [0.1, 0.15) is 57.1 Å². The Hall–Kier alpha value is -0.960. The van der Waals surface area contributed by atoms with Crippen LogP contribution >= 0.6 is 0 Å². The van der Waals surface area contributed by atoms with Gasteiger partial charge in [-0.05, 0) is 55.2 Å². The summed E-state index contributed by atoms with van der Waals surface area (Å²) in [4.78, 5) is 0. The Bertz CT molecular complexity index is 484. The van der Waals surface area contributed by atoms with Gasteiger partial charge in [0.25, 0.3) is 0 Å². The van der Waals surface area contributed by atoms with Crippen molar-refractivity contribution in [3.63, 3.8) is 0 Å². The first-order valence-corrected chi connectivity index (χ1v) is 8.08. The number of nitrogens with one attached hydrogen (secondary N) is 1. The molecule has 3 heteroatoms. The number of halogens is 2. The molecule has 1 nitrogen and oxygen atoms in total. The van der Waals surface area contributed by atoms with Crippen LogP contribution in [0, 0.1) is 30.4 Å². The van der Waals surface area contributed by atoms with Crippen molar-refractivity contribution < 1.29 is 8.78 Å². The number of benzene rings is 1. The lowest BCUT2D eigenvalue weighted by Gasteiger charge is -2.36. The van der Waals surface area contributed by atoms with E-state index in [0.717, 1.165) is 19.4 Å². The largest absolute Gasteiger partial charge is 0.314 e. The predicted octanol–water partition coefficient (Wildman–Crippen LogP) is 4.79. The van der Waals surface area contributed by atoms with Crippen LogP contribution in [-0.4, -0.2) is 12.6 Å². The topological polar surface area (TPSA) is 12.0 Å². The number of hydrogen-bond acceptors (Lipinski definition) is 1. The SMILES string of the molecule is Cc1ccc(C2CC(C)CCC2CNC(C)C)c(F)c1F. The lowest BCUT2D eigenvalue weighted by atomic mass is 9.71. The number of rotatable bonds is 4. The van der Waals surface area contributed by atoms with Gasteiger partial charge in [0, 0.05) is 6.04 Å². The minimum Gasteiger partial charge on any atom is -0.314 e. The van der Waals surface area contributed by atoms with Crippen molar-refractivity contribution in [3.05, 3.63) is 34.9 Å². The molecule has 1 aromatic rings. The van der Waals surface area contributed by atoms with E-state index < -0.39 is 11.6 Å². The van der Waals surface area contributed by atoms with E-state index in [4.69, 9.17) is 0 Å². The van der Waals surface area contributed by atoms with Crippen molar-refractivity contribution in [3.8, 4) is 0 Å². The molecule has 1 N–H and O–H groups in total. The van der Waals surface area contributed by atoms with Crippen LogP contribution in [0.15, 0.2) is 12.1 Å². The molecule has 3 unspecified atom stereocenters. The molecule has 1 saturated carbocycles. The van der Waals surface area contributed by atoms with E-state index in [0.29, 0.717) is 29.0 Å². The highest BCUT2D eigenvalue weighted by Gasteiger charge is 2.32. The van der Waals surface area contributed by atoms with Gasteiger partial charge in [-0.1, -0.05) is 39.3 Å². The monoisotopic (exact) mass is 295 g/mol. The van der Waals surface area contributed by atoms with Crippen molar-refractivity contribution in [2.45, 2.75) is 58.9 Å². The molecule has 0 bridgehead atoms. The summed E-state index contributed by atoms with van der Waals surface area (Å²) >= 11 is 0. The average molecular weight is 295 g/mol. The Morgan fingerprint density at radius 2 is 1.90 bits per heavy atom.